The van der Waals surface area contributed by atoms with E-state index < -0.39 is 0 Å². The number of nitrogens with zero attached hydrogens (tertiary/aromatic N) is 4. The first-order chi connectivity index (χ1) is 7.33. The molecule has 0 atom stereocenters. The van der Waals surface area contributed by atoms with Crippen molar-refractivity contribution in [3.8, 4) is 0 Å². The molecule has 1 fully saturated rings. The van der Waals surface area contributed by atoms with Gasteiger partial charge in [-0.2, -0.15) is 9.61 Å². The van der Waals surface area contributed by atoms with E-state index in [2.05, 4.69) is 20.6 Å². The van der Waals surface area contributed by atoms with Crippen LogP contribution in [0, 0.1) is 6.92 Å². The molecule has 0 radical (unpaired) electrons. The molecule has 1 N–H and O–H groups in total. The first kappa shape index (κ1) is 9.23. The molecule has 0 amide bonds. The van der Waals surface area contributed by atoms with Gasteiger partial charge in [-0.1, -0.05) is 11.3 Å². The Morgan fingerprint density at radius 2 is 2.33 bits per heavy atom. The van der Waals surface area contributed by atoms with E-state index >= 15 is 0 Å². The van der Waals surface area contributed by atoms with Crippen molar-refractivity contribution in [2.75, 3.05) is 6.54 Å². The third-order valence-electron chi connectivity index (χ3n) is 2.54. The number of hydrogen-bond acceptors (Lipinski definition) is 5. The van der Waals surface area contributed by atoms with Crippen LogP contribution in [0.2, 0.25) is 0 Å². The van der Waals surface area contributed by atoms with Gasteiger partial charge in [0.2, 0.25) is 4.96 Å². The number of hydrogen-bond donors (Lipinski definition) is 1. The van der Waals surface area contributed by atoms with Gasteiger partial charge in [-0.25, -0.2) is 0 Å². The summed E-state index contributed by atoms with van der Waals surface area (Å²) in [4.78, 5) is 0.897. The van der Waals surface area contributed by atoms with Crippen molar-refractivity contribution in [1.29, 1.82) is 0 Å². The highest BCUT2D eigenvalue weighted by atomic mass is 32.1. The molecular formula is C9H13N5S. The summed E-state index contributed by atoms with van der Waals surface area (Å²) in [6, 6.07) is 0.775. The van der Waals surface area contributed by atoms with Crippen LogP contribution in [0.5, 0.6) is 0 Å². The second kappa shape index (κ2) is 3.53. The molecule has 3 rings (SSSR count). The SMILES string of the molecule is Cc1nnc2sc(CCNC3CC3)nn12. The van der Waals surface area contributed by atoms with Crippen molar-refractivity contribution in [3.63, 3.8) is 0 Å². The van der Waals surface area contributed by atoms with Crippen LogP contribution in [0.1, 0.15) is 23.7 Å². The maximum Gasteiger partial charge on any atom is 0.234 e. The molecule has 6 heteroatoms. The molecule has 5 nitrogen and oxygen atoms in total. The predicted molar refractivity (Wildman–Crippen MR) is 58.1 cm³/mol. The van der Waals surface area contributed by atoms with Gasteiger partial charge in [0.15, 0.2) is 5.82 Å². The third kappa shape index (κ3) is 1.87. The van der Waals surface area contributed by atoms with Gasteiger partial charge < -0.3 is 5.32 Å². The van der Waals surface area contributed by atoms with Gasteiger partial charge in [0.25, 0.3) is 0 Å². The molecule has 1 saturated carbocycles. The fourth-order valence-electron chi connectivity index (χ4n) is 1.53. The summed E-state index contributed by atoms with van der Waals surface area (Å²) in [5.41, 5.74) is 0. The molecule has 2 aromatic rings. The van der Waals surface area contributed by atoms with Crippen LogP contribution in [0.3, 0.4) is 0 Å². The maximum absolute atomic E-state index is 4.46. The molecule has 0 aromatic carbocycles. The average molecular weight is 223 g/mol. The Balaban J connectivity index is 1.68. The summed E-state index contributed by atoms with van der Waals surface area (Å²) in [6.07, 6.45) is 3.67. The summed E-state index contributed by atoms with van der Waals surface area (Å²) >= 11 is 1.63. The molecule has 0 aliphatic heterocycles. The Bertz CT molecular complexity index is 470. The van der Waals surface area contributed by atoms with Crippen molar-refractivity contribution >= 4 is 16.3 Å². The highest BCUT2D eigenvalue weighted by molar-refractivity contribution is 7.16. The minimum atomic E-state index is 0.775. The normalized spacial score (nSPS) is 16.3. The predicted octanol–water partition coefficient (Wildman–Crippen LogP) is 0.789. The van der Waals surface area contributed by atoms with Gasteiger partial charge in [0, 0.05) is 19.0 Å². The highest BCUT2D eigenvalue weighted by Crippen LogP contribution is 2.19. The lowest BCUT2D eigenvalue weighted by molar-refractivity contribution is 0.674. The Hall–Kier alpha value is -1.01. The fraction of sp³-hybridized carbons (Fsp3) is 0.667. The quantitative estimate of drug-likeness (QED) is 0.832. The minimum Gasteiger partial charge on any atom is -0.314 e. The summed E-state index contributed by atoms with van der Waals surface area (Å²) < 4.78 is 1.82. The van der Waals surface area contributed by atoms with Crippen molar-refractivity contribution in [2.24, 2.45) is 0 Å². The smallest absolute Gasteiger partial charge is 0.234 e. The number of rotatable bonds is 4. The highest BCUT2D eigenvalue weighted by Gasteiger charge is 2.20. The van der Waals surface area contributed by atoms with Gasteiger partial charge >= 0.3 is 0 Å². The van der Waals surface area contributed by atoms with E-state index in [4.69, 9.17) is 0 Å². The van der Waals surface area contributed by atoms with Gasteiger partial charge in [0.05, 0.1) is 0 Å². The van der Waals surface area contributed by atoms with Crippen LogP contribution in [0.25, 0.3) is 4.96 Å². The Morgan fingerprint density at radius 3 is 3.07 bits per heavy atom. The van der Waals surface area contributed by atoms with Crippen molar-refractivity contribution in [1.82, 2.24) is 25.1 Å². The van der Waals surface area contributed by atoms with E-state index in [1.807, 2.05) is 11.4 Å². The molecule has 0 unspecified atom stereocenters. The Morgan fingerprint density at radius 1 is 1.47 bits per heavy atom. The van der Waals surface area contributed by atoms with Gasteiger partial charge in [-0.15, -0.1) is 10.2 Å². The van der Waals surface area contributed by atoms with Crippen LogP contribution in [0.15, 0.2) is 0 Å². The molecule has 0 saturated heterocycles. The summed E-state index contributed by atoms with van der Waals surface area (Å²) in [7, 11) is 0. The van der Waals surface area contributed by atoms with Crippen LogP contribution in [-0.4, -0.2) is 32.4 Å². The molecule has 0 spiro atoms. The van der Waals surface area contributed by atoms with Crippen molar-refractivity contribution < 1.29 is 0 Å². The van der Waals surface area contributed by atoms with Crippen LogP contribution in [-0.2, 0) is 6.42 Å². The molecular weight excluding hydrogens is 210 g/mol. The van der Waals surface area contributed by atoms with E-state index in [-0.39, 0.29) is 0 Å². The molecule has 2 aromatic heterocycles. The fourth-order valence-corrected chi connectivity index (χ4v) is 2.40. The van der Waals surface area contributed by atoms with Crippen molar-refractivity contribution in [3.05, 3.63) is 10.8 Å². The van der Waals surface area contributed by atoms with E-state index in [0.29, 0.717) is 0 Å². The Kier molecular flexibility index (Phi) is 2.17. The first-order valence-electron chi connectivity index (χ1n) is 5.24. The van der Waals surface area contributed by atoms with Crippen LogP contribution >= 0.6 is 11.3 Å². The maximum atomic E-state index is 4.46. The monoisotopic (exact) mass is 223 g/mol. The number of nitrogens with one attached hydrogen (secondary N) is 1. The zero-order valence-electron chi connectivity index (χ0n) is 8.60. The molecule has 1 aliphatic carbocycles. The largest absolute Gasteiger partial charge is 0.314 e. The molecule has 80 valence electrons. The number of aromatic nitrogens is 4. The number of aryl methyl sites for hydroxylation is 1. The lowest BCUT2D eigenvalue weighted by Crippen LogP contribution is -2.19. The second-order valence-electron chi connectivity index (χ2n) is 3.92. The minimum absolute atomic E-state index is 0.775. The Labute approximate surface area is 91.5 Å². The average Bonchev–Trinajstić information content (AvgIpc) is 2.85. The van der Waals surface area contributed by atoms with E-state index in [1.54, 1.807) is 11.3 Å². The van der Waals surface area contributed by atoms with E-state index in [9.17, 15) is 0 Å². The van der Waals surface area contributed by atoms with E-state index in [0.717, 1.165) is 34.8 Å². The molecule has 0 bridgehead atoms. The molecule has 1 aliphatic rings. The summed E-state index contributed by atoms with van der Waals surface area (Å²) in [5, 5.41) is 17.1. The second-order valence-corrected chi connectivity index (χ2v) is 4.96. The van der Waals surface area contributed by atoms with Gasteiger partial charge in [0.1, 0.15) is 5.01 Å². The van der Waals surface area contributed by atoms with E-state index in [1.165, 1.54) is 12.8 Å². The summed E-state index contributed by atoms with van der Waals surface area (Å²) in [5.74, 6) is 0.864. The molecule has 15 heavy (non-hydrogen) atoms. The zero-order chi connectivity index (χ0) is 10.3. The zero-order valence-corrected chi connectivity index (χ0v) is 9.42. The topological polar surface area (TPSA) is 55.1 Å². The van der Waals surface area contributed by atoms with Gasteiger partial charge in [-0.3, -0.25) is 0 Å². The summed E-state index contributed by atoms with van der Waals surface area (Å²) in [6.45, 7) is 2.94. The lowest BCUT2D eigenvalue weighted by Gasteiger charge is -1.97. The third-order valence-corrected chi connectivity index (χ3v) is 3.50. The molecule has 2 heterocycles. The van der Waals surface area contributed by atoms with Crippen molar-refractivity contribution in [2.45, 2.75) is 32.2 Å². The lowest BCUT2D eigenvalue weighted by atomic mass is 10.4. The van der Waals surface area contributed by atoms with Gasteiger partial charge in [-0.05, 0) is 19.8 Å². The standard InChI is InChI=1S/C9H13N5S/c1-6-11-12-9-14(6)13-8(15-9)4-5-10-7-2-3-7/h7,10H,2-5H2,1H3. The first-order valence-corrected chi connectivity index (χ1v) is 6.06. The van der Waals surface area contributed by atoms with Crippen LogP contribution < -0.4 is 5.32 Å². The number of fused-ring (bicyclic) bond motifs is 1. The van der Waals surface area contributed by atoms with Crippen LogP contribution in [0.4, 0.5) is 0 Å².